The molecule has 0 N–H and O–H groups in total. The van der Waals surface area contributed by atoms with Gasteiger partial charge in [-0.25, -0.2) is 4.39 Å². The van der Waals surface area contributed by atoms with Gasteiger partial charge in [-0.2, -0.15) is 0 Å². The van der Waals surface area contributed by atoms with Crippen LogP contribution < -0.4 is 4.90 Å². The molecule has 0 fully saturated rings. The minimum Gasteiger partial charge on any atom is -0.300 e. The molecule has 0 aromatic heterocycles. The van der Waals surface area contributed by atoms with Crippen LogP contribution in [0.15, 0.2) is 36.4 Å². The van der Waals surface area contributed by atoms with Gasteiger partial charge in [-0.3, -0.25) is 9.59 Å². The van der Waals surface area contributed by atoms with Crippen LogP contribution in [0.25, 0.3) is 0 Å². The minimum atomic E-state index is -0.602. The van der Waals surface area contributed by atoms with Crippen molar-refractivity contribution in [2.75, 3.05) is 4.90 Å². The summed E-state index contributed by atoms with van der Waals surface area (Å²) in [5.41, 5.74) is 3.71. The lowest BCUT2D eigenvalue weighted by Crippen LogP contribution is -2.29. The molecule has 106 valence electrons. The maximum Gasteiger partial charge on any atom is 0.299 e. The van der Waals surface area contributed by atoms with Crippen molar-refractivity contribution in [3.8, 4) is 0 Å². The van der Waals surface area contributed by atoms with E-state index in [1.807, 2.05) is 32.0 Å². The summed E-state index contributed by atoms with van der Waals surface area (Å²) in [4.78, 5) is 25.4. The standard InChI is InChI=1S/C17H14FNO2/c1-10-5-11(2)7-12(6-10)9-19-15-8-13(18)3-4-14(15)16(20)17(19)21/h3-8H,9H2,1-2H3. The molecule has 1 aliphatic heterocycles. The summed E-state index contributed by atoms with van der Waals surface area (Å²) in [6.45, 7) is 4.21. The number of anilines is 1. The topological polar surface area (TPSA) is 37.4 Å². The molecule has 0 aliphatic carbocycles. The van der Waals surface area contributed by atoms with Crippen molar-refractivity contribution in [2.45, 2.75) is 20.4 Å². The number of nitrogens with zero attached hydrogens (tertiary/aromatic N) is 1. The van der Waals surface area contributed by atoms with Gasteiger partial charge in [0, 0.05) is 0 Å². The van der Waals surface area contributed by atoms with E-state index in [1.165, 1.54) is 23.1 Å². The summed E-state index contributed by atoms with van der Waals surface area (Å²) in [6, 6.07) is 9.76. The number of rotatable bonds is 2. The summed E-state index contributed by atoms with van der Waals surface area (Å²) in [5, 5.41) is 0. The molecular formula is C17H14FNO2. The molecule has 4 heteroatoms. The highest BCUT2D eigenvalue weighted by Gasteiger charge is 2.35. The van der Waals surface area contributed by atoms with Crippen LogP contribution in [-0.4, -0.2) is 11.7 Å². The van der Waals surface area contributed by atoms with Crippen molar-refractivity contribution in [3.05, 3.63) is 64.5 Å². The number of aryl methyl sites for hydroxylation is 2. The molecule has 0 unspecified atom stereocenters. The Bertz CT molecular complexity index is 747. The monoisotopic (exact) mass is 283 g/mol. The van der Waals surface area contributed by atoms with Crippen molar-refractivity contribution in [2.24, 2.45) is 0 Å². The molecule has 0 atom stereocenters. The molecule has 21 heavy (non-hydrogen) atoms. The third-order valence-corrected chi connectivity index (χ3v) is 3.56. The van der Waals surface area contributed by atoms with Gasteiger partial charge >= 0.3 is 0 Å². The fourth-order valence-corrected chi connectivity index (χ4v) is 2.77. The Hall–Kier alpha value is -2.49. The van der Waals surface area contributed by atoms with Gasteiger partial charge in [0.1, 0.15) is 5.82 Å². The molecule has 1 amide bonds. The first kappa shape index (κ1) is 13.5. The second kappa shape index (κ2) is 4.81. The Balaban J connectivity index is 2.01. The molecule has 3 nitrogen and oxygen atoms in total. The molecule has 1 aliphatic rings. The van der Waals surface area contributed by atoms with Crippen LogP contribution in [0.1, 0.15) is 27.0 Å². The van der Waals surface area contributed by atoms with Crippen molar-refractivity contribution in [3.63, 3.8) is 0 Å². The number of Topliss-reactive ketones (excluding diaryl/α,β-unsaturated/α-hetero) is 1. The SMILES string of the molecule is Cc1cc(C)cc(CN2C(=O)C(=O)c3ccc(F)cc32)c1. The molecule has 0 radical (unpaired) electrons. The van der Waals surface area contributed by atoms with Crippen LogP contribution in [0.5, 0.6) is 0 Å². The molecule has 2 aromatic carbocycles. The molecule has 0 spiro atoms. The van der Waals surface area contributed by atoms with Gasteiger partial charge in [0.15, 0.2) is 0 Å². The van der Waals surface area contributed by atoms with Gasteiger partial charge in [0.2, 0.25) is 0 Å². The van der Waals surface area contributed by atoms with Crippen LogP contribution in [0.3, 0.4) is 0 Å². The Morgan fingerprint density at radius 3 is 2.33 bits per heavy atom. The maximum atomic E-state index is 13.4. The van der Waals surface area contributed by atoms with Gasteiger partial charge in [-0.05, 0) is 37.6 Å². The van der Waals surface area contributed by atoms with Gasteiger partial charge in [0.05, 0.1) is 17.8 Å². The van der Waals surface area contributed by atoms with Crippen LogP contribution in [0.2, 0.25) is 0 Å². The predicted octanol–water partition coefficient (Wildman–Crippen LogP) is 3.17. The van der Waals surface area contributed by atoms with Gasteiger partial charge < -0.3 is 4.90 Å². The van der Waals surface area contributed by atoms with Crippen molar-refractivity contribution < 1.29 is 14.0 Å². The molecule has 0 bridgehead atoms. The summed E-state index contributed by atoms with van der Waals surface area (Å²) in [6.07, 6.45) is 0. The van der Waals surface area contributed by atoms with E-state index in [4.69, 9.17) is 0 Å². The lowest BCUT2D eigenvalue weighted by molar-refractivity contribution is -0.114. The molecular weight excluding hydrogens is 269 g/mol. The Kier molecular flexibility index (Phi) is 3.09. The van der Waals surface area contributed by atoms with E-state index in [2.05, 4.69) is 0 Å². The predicted molar refractivity (Wildman–Crippen MR) is 77.8 cm³/mol. The van der Waals surface area contributed by atoms with Crippen molar-refractivity contribution >= 4 is 17.4 Å². The number of halogens is 1. The quantitative estimate of drug-likeness (QED) is 0.794. The van der Waals surface area contributed by atoms with E-state index in [0.717, 1.165) is 16.7 Å². The normalized spacial score (nSPS) is 13.8. The molecule has 0 saturated carbocycles. The number of amides is 1. The largest absolute Gasteiger partial charge is 0.300 e. The minimum absolute atomic E-state index is 0.267. The number of benzene rings is 2. The second-order valence-electron chi connectivity index (χ2n) is 5.38. The Morgan fingerprint density at radius 1 is 1.00 bits per heavy atom. The number of hydrogen-bond acceptors (Lipinski definition) is 2. The van der Waals surface area contributed by atoms with Crippen LogP contribution >= 0.6 is 0 Å². The third-order valence-electron chi connectivity index (χ3n) is 3.56. The van der Waals surface area contributed by atoms with Gasteiger partial charge in [-0.1, -0.05) is 29.3 Å². The van der Waals surface area contributed by atoms with Gasteiger partial charge in [-0.15, -0.1) is 0 Å². The maximum absolute atomic E-state index is 13.4. The van der Waals surface area contributed by atoms with Crippen molar-refractivity contribution in [1.82, 2.24) is 0 Å². The lowest BCUT2D eigenvalue weighted by Gasteiger charge is -2.17. The highest BCUT2D eigenvalue weighted by Crippen LogP contribution is 2.31. The van der Waals surface area contributed by atoms with E-state index in [1.54, 1.807) is 0 Å². The summed E-state index contributed by atoms with van der Waals surface area (Å²) >= 11 is 0. The number of fused-ring (bicyclic) bond motifs is 1. The summed E-state index contributed by atoms with van der Waals surface area (Å²) < 4.78 is 13.4. The van der Waals surface area contributed by atoms with E-state index >= 15 is 0 Å². The summed E-state index contributed by atoms with van der Waals surface area (Å²) in [7, 11) is 0. The molecule has 3 rings (SSSR count). The van der Waals surface area contributed by atoms with Crippen LogP contribution in [0, 0.1) is 19.7 Å². The first-order chi connectivity index (χ1) is 9.95. The fourth-order valence-electron chi connectivity index (χ4n) is 2.77. The molecule has 1 heterocycles. The highest BCUT2D eigenvalue weighted by molar-refractivity contribution is 6.52. The van der Waals surface area contributed by atoms with Crippen LogP contribution in [0.4, 0.5) is 10.1 Å². The first-order valence-electron chi connectivity index (χ1n) is 6.68. The lowest BCUT2D eigenvalue weighted by atomic mass is 10.1. The van der Waals surface area contributed by atoms with E-state index in [9.17, 15) is 14.0 Å². The zero-order chi connectivity index (χ0) is 15.1. The number of ketones is 1. The first-order valence-corrected chi connectivity index (χ1v) is 6.68. The zero-order valence-corrected chi connectivity index (χ0v) is 11.8. The highest BCUT2D eigenvalue weighted by atomic mass is 19.1. The number of carbonyl (C=O) groups excluding carboxylic acids is 2. The average Bonchev–Trinajstić information content (AvgIpc) is 2.62. The van der Waals surface area contributed by atoms with Crippen LogP contribution in [-0.2, 0) is 11.3 Å². The zero-order valence-electron chi connectivity index (χ0n) is 11.8. The van der Waals surface area contributed by atoms with E-state index < -0.39 is 17.5 Å². The Morgan fingerprint density at radius 2 is 1.67 bits per heavy atom. The van der Waals surface area contributed by atoms with E-state index in [-0.39, 0.29) is 12.1 Å². The third kappa shape index (κ3) is 2.33. The van der Waals surface area contributed by atoms with E-state index in [0.29, 0.717) is 5.69 Å². The second-order valence-corrected chi connectivity index (χ2v) is 5.38. The summed E-state index contributed by atoms with van der Waals surface area (Å²) in [5.74, 6) is -1.63. The average molecular weight is 283 g/mol. The van der Waals surface area contributed by atoms with Crippen molar-refractivity contribution in [1.29, 1.82) is 0 Å². The smallest absolute Gasteiger partial charge is 0.299 e. The fraction of sp³-hybridized carbons (Fsp3) is 0.176. The molecule has 0 saturated heterocycles. The number of carbonyl (C=O) groups is 2. The Labute approximate surface area is 122 Å². The number of hydrogen-bond donors (Lipinski definition) is 0. The molecule has 2 aromatic rings. The van der Waals surface area contributed by atoms with Gasteiger partial charge in [0.25, 0.3) is 11.7 Å².